The van der Waals surface area contributed by atoms with Crippen LogP contribution in [0.4, 0.5) is 19.0 Å². The zero-order chi connectivity index (χ0) is 28.6. The number of nitrogens with zero attached hydrogens (tertiary/aromatic N) is 6. The van der Waals surface area contributed by atoms with Crippen LogP contribution in [-0.2, 0) is 26.1 Å². The summed E-state index contributed by atoms with van der Waals surface area (Å²) >= 11 is 0. The number of nitrogens with one attached hydrogen (secondary N) is 2. The summed E-state index contributed by atoms with van der Waals surface area (Å²) < 4.78 is 40.6. The topological polar surface area (TPSA) is 88.8 Å². The minimum atomic E-state index is -4.21. The number of aryl methyl sites for hydroxylation is 1. The molecule has 0 bridgehead atoms. The Morgan fingerprint density at radius 1 is 1.10 bits per heavy atom. The highest BCUT2D eigenvalue weighted by atomic mass is 19.4. The molecule has 3 aromatic heterocycles. The minimum Gasteiger partial charge on any atom is -0.367 e. The van der Waals surface area contributed by atoms with Gasteiger partial charge in [0.2, 0.25) is 0 Å². The number of anilines is 1. The first kappa shape index (κ1) is 27.3. The third-order valence-corrected chi connectivity index (χ3v) is 8.40. The van der Waals surface area contributed by atoms with E-state index in [9.17, 15) is 18.4 Å². The van der Waals surface area contributed by atoms with Crippen LogP contribution in [-0.4, -0.2) is 67.7 Å². The van der Waals surface area contributed by atoms with Crippen molar-refractivity contribution >= 4 is 16.7 Å². The van der Waals surface area contributed by atoms with Crippen LogP contribution in [0.2, 0.25) is 0 Å². The monoisotopic (exact) mass is 562 g/mol. The zero-order valence-electron chi connectivity index (χ0n) is 23.0. The molecule has 5 heterocycles. The van der Waals surface area contributed by atoms with Gasteiger partial charge in [0.25, 0.3) is 0 Å². The molecule has 0 aliphatic carbocycles. The van der Waals surface area contributed by atoms with Gasteiger partial charge < -0.3 is 14.9 Å². The van der Waals surface area contributed by atoms with E-state index in [1.54, 1.807) is 0 Å². The van der Waals surface area contributed by atoms with Crippen molar-refractivity contribution in [3.8, 4) is 6.07 Å². The van der Waals surface area contributed by atoms with E-state index < -0.39 is 12.7 Å². The highest BCUT2D eigenvalue weighted by Crippen LogP contribution is 2.30. The quantitative estimate of drug-likeness (QED) is 0.330. The fourth-order valence-electron chi connectivity index (χ4n) is 6.19. The van der Waals surface area contributed by atoms with E-state index in [2.05, 4.69) is 54.9 Å². The molecular formula is C30H33F3N8. The SMILES string of the molecule is Cc1c(CN2CCC(Nc3ncnc4c3CCN(CC(F)(F)F)C4)CC2)ccc2c1cc(C#N)n2Cc1cc[nH]c1. The van der Waals surface area contributed by atoms with Gasteiger partial charge in [-0.1, -0.05) is 6.07 Å². The van der Waals surface area contributed by atoms with E-state index >= 15 is 0 Å². The Balaban J connectivity index is 1.08. The fraction of sp³-hybridized carbons (Fsp3) is 0.433. The molecule has 0 unspecified atom stereocenters. The second-order valence-corrected chi connectivity index (χ2v) is 11.1. The summed E-state index contributed by atoms with van der Waals surface area (Å²) in [6, 6.07) is 11.0. The Hall–Kier alpha value is -3.88. The van der Waals surface area contributed by atoms with Crippen molar-refractivity contribution in [2.45, 2.75) is 58.0 Å². The molecule has 4 aromatic rings. The molecule has 6 rings (SSSR count). The maximum atomic E-state index is 12.9. The number of aromatic amines is 1. The van der Waals surface area contributed by atoms with Crippen molar-refractivity contribution < 1.29 is 13.2 Å². The molecule has 11 heteroatoms. The summed E-state index contributed by atoms with van der Waals surface area (Å²) in [5.41, 5.74) is 6.96. The summed E-state index contributed by atoms with van der Waals surface area (Å²) in [5.74, 6) is 0.763. The largest absolute Gasteiger partial charge is 0.401 e. The molecule has 1 fully saturated rings. The molecule has 0 amide bonds. The van der Waals surface area contributed by atoms with Crippen LogP contribution < -0.4 is 5.32 Å². The number of rotatable bonds is 7. The molecule has 214 valence electrons. The Morgan fingerprint density at radius 2 is 1.93 bits per heavy atom. The standard InChI is InChI=1S/C30H33F3N8/c1-20-22(2-3-28-26(20)12-24(13-34)41(28)15-21-4-8-35-14-21)16-39-9-5-23(6-10-39)38-29-25-7-11-40(18-30(31,32)33)17-27(25)36-19-37-29/h2-4,8,12,14,19,23,35H,5-7,9-11,15-18H2,1H3,(H,36,37,38). The van der Waals surface area contributed by atoms with E-state index in [0.717, 1.165) is 60.3 Å². The van der Waals surface area contributed by atoms with Crippen LogP contribution in [0.5, 0.6) is 0 Å². The van der Waals surface area contributed by atoms with Crippen molar-refractivity contribution in [1.29, 1.82) is 5.26 Å². The third-order valence-electron chi connectivity index (χ3n) is 8.40. The summed E-state index contributed by atoms with van der Waals surface area (Å²) in [6.07, 6.45) is 3.50. The number of benzene rings is 1. The second kappa shape index (κ2) is 11.2. The van der Waals surface area contributed by atoms with Gasteiger partial charge in [-0.2, -0.15) is 18.4 Å². The van der Waals surface area contributed by atoms with E-state index in [1.165, 1.54) is 22.4 Å². The third kappa shape index (κ3) is 5.94. The maximum absolute atomic E-state index is 12.9. The average Bonchev–Trinajstić information content (AvgIpc) is 3.59. The number of hydrogen-bond donors (Lipinski definition) is 2. The molecule has 1 saturated heterocycles. The molecule has 2 aliphatic rings. The lowest BCUT2D eigenvalue weighted by molar-refractivity contribution is -0.147. The summed E-state index contributed by atoms with van der Waals surface area (Å²) in [4.78, 5) is 15.7. The molecule has 2 N–H and O–H groups in total. The van der Waals surface area contributed by atoms with Crippen LogP contribution in [0, 0.1) is 18.3 Å². The number of likely N-dealkylation sites (tertiary alicyclic amines) is 1. The maximum Gasteiger partial charge on any atom is 0.401 e. The Bertz CT molecular complexity index is 1560. The normalized spacial score (nSPS) is 17.0. The lowest BCUT2D eigenvalue weighted by Crippen LogP contribution is -2.40. The van der Waals surface area contributed by atoms with Gasteiger partial charge >= 0.3 is 6.18 Å². The molecule has 0 spiro atoms. The number of aromatic nitrogens is 4. The molecule has 8 nitrogen and oxygen atoms in total. The van der Waals surface area contributed by atoms with Gasteiger partial charge in [0, 0.05) is 67.6 Å². The van der Waals surface area contributed by atoms with E-state index in [-0.39, 0.29) is 12.6 Å². The number of fused-ring (bicyclic) bond motifs is 2. The van der Waals surface area contributed by atoms with Crippen molar-refractivity contribution in [2.24, 2.45) is 0 Å². The van der Waals surface area contributed by atoms with Crippen molar-refractivity contribution in [1.82, 2.24) is 29.3 Å². The van der Waals surface area contributed by atoms with Crippen molar-refractivity contribution in [3.05, 3.63) is 76.6 Å². The lowest BCUT2D eigenvalue weighted by atomic mass is 10.00. The van der Waals surface area contributed by atoms with E-state index in [0.29, 0.717) is 30.9 Å². The number of hydrogen-bond acceptors (Lipinski definition) is 6. The minimum absolute atomic E-state index is 0.194. The molecule has 41 heavy (non-hydrogen) atoms. The molecular weight excluding hydrogens is 529 g/mol. The fourth-order valence-corrected chi connectivity index (χ4v) is 6.19. The molecule has 0 radical (unpaired) electrons. The Labute approximate surface area is 236 Å². The van der Waals surface area contributed by atoms with Crippen LogP contribution in [0.1, 0.15) is 46.5 Å². The van der Waals surface area contributed by atoms with Crippen molar-refractivity contribution in [2.75, 3.05) is 31.5 Å². The summed E-state index contributed by atoms with van der Waals surface area (Å²) in [6.45, 7) is 5.12. The first-order chi connectivity index (χ1) is 19.8. The smallest absolute Gasteiger partial charge is 0.367 e. The molecule has 0 saturated carbocycles. The molecule has 0 atom stereocenters. The first-order valence-electron chi connectivity index (χ1n) is 14.0. The zero-order valence-corrected chi connectivity index (χ0v) is 23.0. The van der Waals surface area contributed by atoms with Crippen LogP contribution in [0.3, 0.4) is 0 Å². The summed E-state index contributed by atoms with van der Waals surface area (Å²) in [5, 5.41) is 14.5. The van der Waals surface area contributed by atoms with Crippen LogP contribution in [0.25, 0.3) is 10.9 Å². The highest BCUT2D eigenvalue weighted by Gasteiger charge is 2.33. The molecule has 2 aliphatic heterocycles. The summed E-state index contributed by atoms with van der Waals surface area (Å²) in [7, 11) is 0. The van der Waals surface area contributed by atoms with Crippen LogP contribution >= 0.6 is 0 Å². The Morgan fingerprint density at radius 3 is 2.66 bits per heavy atom. The van der Waals surface area contributed by atoms with Gasteiger partial charge in [0.15, 0.2) is 0 Å². The van der Waals surface area contributed by atoms with Gasteiger partial charge in [0.05, 0.1) is 18.8 Å². The van der Waals surface area contributed by atoms with Gasteiger partial charge in [-0.3, -0.25) is 9.80 Å². The predicted octanol–water partition coefficient (Wildman–Crippen LogP) is 4.98. The van der Waals surface area contributed by atoms with Crippen molar-refractivity contribution in [3.63, 3.8) is 0 Å². The number of H-pyrrole nitrogens is 1. The molecule has 1 aromatic carbocycles. The number of piperidine rings is 1. The second-order valence-electron chi connectivity index (χ2n) is 11.1. The average molecular weight is 563 g/mol. The van der Waals surface area contributed by atoms with E-state index in [1.807, 2.05) is 24.5 Å². The first-order valence-corrected chi connectivity index (χ1v) is 14.0. The highest BCUT2D eigenvalue weighted by molar-refractivity contribution is 5.86. The van der Waals surface area contributed by atoms with Crippen LogP contribution in [0.15, 0.2) is 43.0 Å². The van der Waals surface area contributed by atoms with Gasteiger partial charge in [-0.05, 0) is 61.1 Å². The predicted molar refractivity (Wildman–Crippen MR) is 150 cm³/mol. The van der Waals surface area contributed by atoms with Gasteiger partial charge in [0.1, 0.15) is 23.9 Å². The van der Waals surface area contributed by atoms with E-state index in [4.69, 9.17) is 0 Å². The number of halogens is 3. The lowest BCUT2D eigenvalue weighted by Gasteiger charge is -2.34. The van der Waals surface area contributed by atoms with Gasteiger partial charge in [-0.15, -0.1) is 0 Å². The number of alkyl halides is 3. The number of nitriles is 1. The van der Waals surface area contributed by atoms with Gasteiger partial charge in [-0.25, -0.2) is 9.97 Å². The Kier molecular flexibility index (Phi) is 7.45.